The Balaban J connectivity index is 2.87. The maximum atomic E-state index is 10.7. The van der Waals surface area contributed by atoms with E-state index in [1.807, 2.05) is 0 Å². The summed E-state index contributed by atoms with van der Waals surface area (Å²) in [4.78, 5) is 0. The zero-order valence-electron chi connectivity index (χ0n) is 5.56. The van der Waals surface area contributed by atoms with Crippen LogP contribution < -0.4 is 0 Å². The summed E-state index contributed by atoms with van der Waals surface area (Å²) >= 11 is 0. The zero-order valence-corrected chi connectivity index (χ0v) is 7.19. The van der Waals surface area contributed by atoms with E-state index in [0.717, 1.165) is 0 Å². The zero-order chi connectivity index (χ0) is 8.70. The Morgan fingerprint density at radius 2 is 1.91 bits per heavy atom. The molecule has 1 aliphatic rings. The summed E-state index contributed by atoms with van der Waals surface area (Å²) in [5, 5.41) is -1.22. The van der Waals surface area contributed by atoms with Crippen LogP contribution in [0.3, 0.4) is 0 Å². The maximum absolute atomic E-state index is 10.7. The van der Waals surface area contributed by atoms with Crippen LogP contribution in [0, 0.1) is 0 Å². The van der Waals surface area contributed by atoms with Gasteiger partial charge in [-0.1, -0.05) is 0 Å². The van der Waals surface area contributed by atoms with Gasteiger partial charge in [0.25, 0.3) is 0 Å². The number of hydrogen-bond acceptors (Lipinski definition) is 5. The smallest absolute Gasteiger partial charge is 0.151 e. The highest BCUT2D eigenvalue weighted by molar-refractivity contribution is 7.94. The molecule has 0 radical (unpaired) electrons. The summed E-state index contributed by atoms with van der Waals surface area (Å²) in [6.45, 7) is 0. The first-order chi connectivity index (χ1) is 4.81. The van der Waals surface area contributed by atoms with E-state index in [0.29, 0.717) is 0 Å². The molecule has 0 N–H and O–H groups in total. The van der Waals surface area contributed by atoms with Gasteiger partial charge in [-0.15, -0.1) is 0 Å². The Morgan fingerprint density at radius 3 is 2.09 bits per heavy atom. The molecule has 0 saturated carbocycles. The van der Waals surface area contributed by atoms with Crippen LogP contribution in [0.25, 0.3) is 0 Å². The van der Waals surface area contributed by atoms with Gasteiger partial charge in [0.1, 0.15) is 0 Å². The van der Waals surface area contributed by atoms with Gasteiger partial charge in [-0.05, 0) is 6.42 Å². The molecule has 1 unspecified atom stereocenters. The van der Waals surface area contributed by atoms with Crippen molar-refractivity contribution in [3.8, 4) is 0 Å². The SMILES string of the molecule is O=S1(=O)CCC(S(=O)(=O)[O-])C1. The first-order valence-corrected chi connectivity index (χ1v) is 6.26. The molecule has 1 heterocycles. The standard InChI is InChI=1S/C4H8O5S2/c5-10(6)2-1-4(3-10)11(7,8)9/h4H,1-3H2,(H,7,8,9)/p-1. The summed E-state index contributed by atoms with van der Waals surface area (Å²) in [7, 11) is -7.66. The molecule has 0 aliphatic carbocycles. The lowest BCUT2D eigenvalue weighted by Crippen LogP contribution is -2.21. The van der Waals surface area contributed by atoms with Gasteiger partial charge in [0, 0.05) is 0 Å². The lowest BCUT2D eigenvalue weighted by Gasteiger charge is -2.11. The van der Waals surface area contributed by atoms with Crippen LogP contribution >= 0.6 is 0 Å². The Kier molecular flexibility index (Phi) is 1.97. The molecular weight excluding hydrogens is 192 g/mol. The fourth-order valence-corrected chi connectivity index (χ4v) is 4.38. The van der Waals surface area contributed by atoms with Crippen LogP contribution in [-0.4, -0.2) is 38.1 Å². The lowest BCUT2D eigenvalue weighted by atomic mass is 10.4. The Labute approximate surface area is 65.1 Å². The largest absolute Gasteiger partial charge is 0.748 e. The Hall–Kier alpha value is -0.140. The van der Waals surface area contributed by atoms with E-state index < -0.39 is 31.0 Å². The van der Waals surface area contributed by atoms with Gasteiger partial charge in [0.15, 0.2) is 9.84 Å². The van der Waals surface area contributed by atoms with Crippen molar-refractivity contribution in [2.75, 3.05) is 11.5 Å². The quantitative estimate of drug-likeness (QED) is 0.490. The van der Waals surface area contributed by atoms with Crippen molar-refractivity contribution in [2.24, 2.45) is 0 Å². The normalized spacial score (nSPS) is 30.5. The van der Waals surface area contributed by atoms with E-state index in [1.54, 1.807) is 0 Å². The minimum atomic E-state index is -4.40. The van der Waals surface area contributed by atoms with Crippen LogP contribution in [0.2, 0.25) is 0 Å². The van der Waals surface area contributed by atoms with Gasteiger partial charge in [-0.2, -0.15) is 0 Å². The Morgan fingerprint density at radius 1 is 1.36 bits per heavy atom. The molecule has 0 aromatic heterocycles. The third-order valence-corrected chi connectivity index (χ3v) is 4.80. The summed E-state index contributed by atoms with van der Waals surface area (Å²) in [5.74, 6) is -0.683. The molecule has 0 aromatic carbocycles. The van der Waals surface area contributed by atoms with Crippen molar-refractivity contribution in [2.45, 2.75) is 11.7 Å². The molecule has 1 aliphatic heterocycles. The van der Waals surface area contributed by atoms with Crippen LogP contribution in [0.1, 0.15) is 6.42 Å². The predicted octanol–water partition coefficient (Wildman–Crippen LogP) is -1.28. The minimum absolute atomic E-state index is 0.0475. The van der Waals surface area contributed by atoms with E-state index in [1.165, 1.54) is 0 Å². The first kappa shape index (κ1) is 8.95. The fraction of sp³-hybridized carbons (Fsp3) is 1.00. The molecule has 0 aromatic rings. The van der Waals surface area contributed by atoms with E-state index in [2.05, 4.69) is 0 Å². The average Bonchev–Trinajstić information content (AvgIpc) is 2.07. The molecule has 1 rings (SSSR count). The third-order valence-electron chi connectivity index (χ3n) is 1.60. The van der Waals surface area contributed by atoms with E-state index >= 15 is 0 Å². The van der Waals surface area contributed by atoms with Crippen molar-refractivity contribution in [1.82, 2.24) is 0 Å². The van der Waals surface area contributed by atoms with E-state index in [9.17, 15) is 21.4 Å². The molecule has 5 nitrogen and oxygen atoms in total. The van der Waals surface area contributed by atoms with E-state index in [-0.39, 0.29) is 12.2 Å². The molecule has 1 saturated heterocycles. The minimum Gasteiger partial charge on any atom is -0.748 e. The summed E-state index contributed by atoms with van der Waals surface area (Å²) in [6, 6.07) is 0. The second-order valence-corrected chi connectivity index (χ2v) is 6.40. The predicted molar refractivity (Wildman–Crippen MR) is 36.8 cm³/mol. The van der Waals surface area contributed by atoms with Gasteiger partial charge in [0.2, 0.25) is 0 Å². The second kappa shape index (κ2) is 2.43. The molecule has 0 bridgehead atoms. The number of sulfone groups is 1. The first-order valence-electron chi connectivity index (χ1n) is 2.96. The average molecular weight is 199 g/mol. The van der Waals surface area contributed by atoms with Crippen molar-refractivity contribution >= 4 is 20.0 Å². The van der Waals surface area contributed by atoms with Gasteiger partial charge < -0.3 is 4.55 Å². The molecule has 1 fully saturated rings. The molecule has 7 heteroatoms. The van der Waals surface area contributed by atoms with Crippen LogP contribution in [0.4, 0.5) is 0 Å². The topological polar surface area (TPSA) is 91.3 Å². The highest BCUT2D eigenvalue weighted by Gasteiger charge is 2.31. The molecule has 0 spiro atoms. The lowest BCUT2D eigenvalue weighted by molar-refractivity contribution is 0.451. The van der Waals surface area contributed by atoms with Crippen LogP contribution in [0.15, 0.2) is 0 Å². The van der Waals surface area contributed by atoms with Crippen LogP contribution in [0.5, 0.6) is 0 Å². The summed E-state index contributed by atoms with van der Waals surface area (Å²) < 4.78 is 52.3. The highest BCUT2D eigenvalue weighted by Crippen LogP contribution is 2.17. The van der Waals surface area contributed by atoms with E-state index in [4.69, 9.17) is 0 Å². The molecular formula is C4H7O5S2-. The van der Waals surface area contributed by atoms with Gasteiger partial charge >= 0.3 is 0 Å². The van der Waals surface area contributed by atoms with Gasteiger partial charge in [-0.3, -0.25) is 0 Å². The van der Waals surface area contributed by atoms with Crippen molar-refractivity contribution < 1.29 is 21.4 Å². The maximum Gasteiger partial charge on any atom is 0.151 e. The molecule has 1 atom stereocenters. The van der Waals surface area contributed by atoms with Crippen LogP contribution in [-0.2, 0) is 20.0 Å². The number of rotatable bonds is 1. The summed E-state index contributed by atoms with van der Waals surface area (Å²) in [6.07, 6.45) is -0.0475. The molecule has 0 amide bonds. The monoisotopic (exact) mass is 199 g/mol. The third kappa shape index (κ3) is 2.14. The number of hydrogen-bond donors (Lipinski definition) is 0. The Bertz CT molecular complexity index is 337. The molecule has 11 heavy (non-hydrogen) atoms. The highest BCUT2D eigenvalue weighted by atomic mass is 32.2. The van der Waals surface area contributed by atoms with Gasteiger partial charge in [0.05, 0.1) is 26.9 Å². The molecule has 66 valence electrons. The van der Waals surface area contributed by atoms with Crippen molar-refractivity contribution in [3.63, 3.8) is 0 Å². The van der Waals surface area contributed by atoms with Crippen molar-refractivity contribution in [1.29, 1.82) is 0 Å². The van der Waals surface area contributed by atoms with Gasteiger partial charge in [-0.25, -0.2) is 16.8 Å². The van der Waals surface area contributed by atoms with Crippen molar-refractivity contribution in [3.05, 3.63) is 0 Å². The second-order valence-electron chi connectivity index (χ2n) is 2.52. The summed E-state index contributed by atoms with van der Waals surface area (Å²) in [5.41, 5.74) is 0. The fourth-order valence-electron chi connectivity index (χ4n) is 0.989.